The molecule has 1 aliphatic carbocycles. The van der Waals surface area contributed by atoms with E-state index >= 15 is 0 Å². The summed E-state index contributed by atoms with van der Waals surface area (Å²) in [7, 11) is -1.39. The maximum absolute atomic E-state index is 9.39. The zero-order valence-corrected chi connectivity index (χ0v) is 10.5. The van der Waals surface area contributed by atoms with Crippen LogP contribution in [0.5, 0.6) is 0 Å². The molecule has 1 aromatic heterocycles. The van der Waals surface area contributed by atoms with Crippen molar-refractivity contribution in [1.82, 2.24) is 10.3 Å². The number of aromatic nitrogens is 1. The molecule has 0 aromatic carbocycles. The van der Waals surface area contributed by atoms with Crippen LogP contribution in [0, 0.1) is 0 Å². The number of rotatable bonds is 3. The van der Waals surface area contributed by atoms with Gasteiger partial charge in [0, 0.05) is 29.8 Å². The highest BCUT2D eigenvalue weighted by atomic mass is 16.4. The van der Waals surface area contributed by atoms with E-state index in [0.29, 0.717) is 17.3 Å². The minimum absolute atomic E-state index is 0.412. The van der Waals surface area contributed by atoms with Crippen molar-refractivity contribution in [2.24, 2.45) is 0 Å². The number of nitrogens with one attached hydrogen (secondary N) is 1. The van der Waals surface area contributed by atoms with Crippen LogP contribution in [0.2, 0.25) is 0 Å². The molecule has 2 aliphatic rings. The maximum atomic E-state index is 9.39. The second-order valence-electron chi connectivity index (χ2n) is 5.44. The van der Waals surface area contributed by atoms with Crippen LogP contribution in [0.15, 0.2) is 12.1 Å². The molecule has 1 saturated heterocycles. The molecule has 2 heterocycles. The normalized spacial score (nSPS) is 24.0. The van der Waals surface area contributed by atoms with Crippen molar-refractivity contribution < 1.29 is 10.0 Å². The SMILES string of the molecule is OB(O)c1cc(C2CC2)nc(C2CCCNC2)c1. The summed E-state index contributed by atoms with van der Waals surface area (Å²) in [4.78, 5) is 4.74. The van der Waals surface area contributed by atoms with Gasteiger partial charge in [0.25, 0.3) is 0 Å². The molecule has 0 radical (unpaired) electrons. The number of nitrogens with zero attached hydrogens (tertiary/aromatic N) is 1. The van der Waals surface area contributed by atoms with Gasteiger partial charge in [-0.25, -0.2) is 0 Å². The summed E-state index contributed by atoms with van der Waals surface area (Å²) in [6.07, 6.45) is 4.66. The van der Waals surface area contributed by atoms with Crippen LogP contribution in [-0.2, 0) is 0 Å². The lowest BCUT2D eigenvalue weighted by atomic mass is 9.78. The van der Waals surface area contributed by atoms with Gasteiger partial charge in [-0.05, 0) is 49.8 Å². The van der Waals surface area contributed by atoms with E-state index in [-0.39, 0.29) is 0 Å². The van der Waals surface area contributed by atoms with Gasteiger partial charge in [0.05, 0.1) is 0 Å². The van der Waals surface area contributed by atoms with Crippen LogP contribution >= 0.6 is 0 Å². The molecule has 1 atom stereocenters. The van der Waals surface area contributed by atoms with Crippen LogP contribution in [0.3, 0.4) is 0 Å². The van der Waals surface area contributed by atoms with Gasteiger partial charge in [-0.15, -0.1) is 0 Å². The van der Waals surface area contributed by atoms with Gasteiger partial charge in [-0.1, -0.05) is 0 Å². The van der Waals surface area contributed by atoms with Crippen molar-refractivity contribution in [2.75, 3.05) is 13.1 Å². The fourth-order valence-electron chi connectivity index (χ4n) is 2.65. The van der Waals surface area contributed by atoms with Gasteiger partial charge >= 0.3 is 7.12 Å². The summed E-state index contributed by atoms with van der Waals surface area (Å²) in [6.45, 7) is 2.02. The van der Waals surface area contributed by atoms with Crippen LogP contribution in [-0.4, -0.2) is 35.2 Å². The molecule has 0 bridgehead atoms. The molecule has 4 nitrogen and oxygen atoms in total. The lowest BCUT2D eigenvalue weighted by Crippen LogP contribution is -2.33. The van der Waals surface area contributed by atoms with Gasteiger partial charge in [0.1, 0.15) is 0 Å². The second kappa shape index (κ2) is 5.00. The highest BCUT2D eigenvalue weighted by Gasteiger charge is 2.28. The number of piperidine rings is 1. The first-order chi connectivity index (χ1) is 8.74. The fourth-order valence-corrected chi connectivity index (χ4v) is 2.65. The zero-order chi connectivity index (χ0) is 12.5. The molecular formula is C13H19BN2O2. The van der Waals surface area contributed by atoms with Crippen LogP contribution in [0.25, 0.3) is 0 Å². The monoisotopic (exact) mass is 246 g/mol. The van der Waals surface area contributed by atoms with E-state index in [0.717, 1.165) is 37.3 Å². The molecule has 3 N–H and O–H groups in total. The Morgan fingerprint density at radius 3 is 2.39 bits per heavy atom. The molecule has 1 saturated carbocycles. The zero-order valence-electron chi connectivity index (χ0n) is 10.5. The largest absolute Gasteiger partial charge is 0.488 e. The summed E-state index contributed by atoms with van der Waals surface area (Å²) in [5, 5.41) is 22.2. The van der Waals surface area contributed by atoms with Crippen molar-refractivity contribution in [2.45, 2.75) is 37.5 Å². The molecule has 5 heteroatoms. The Bertz CT molecular complexity index is 409. The highest BCUT2D eigenvalue weighted by molar-refractivity contribution is 6.58. The number of hydrogen-bond donors (Lipinski definition) is 3. The molecule has 1 aliphatic heterocycles. The highest BCUT2D eigenvalue weighted by Crippen LogP contribution is 2.39. The van der Waals surface area contributed by atoms with E-state index in [1.807, 2.05) is 12.1 Å². The van der Waals surface area contributed by atoms with Crippen molar-refractivity contribution in [3.63, 3.8) is 0 Å². The van der Waals surface area contributed by atoms with E-state index in [1.54, 1.807) is 0 Å². The fraction of sp³-hybridized carbons (Fsp3) is 0.615. The topological polar surface area (TPSA) is 65.4 Å². The van der Waals surface area contributed by atoms with Gasteiger partial charge in [0.15, 0.2) is 0 Å². The van der Waals surface area contributed by atoms with Crippen molar-refractivity contribution >= 4 is 12.6 Å². The standard InChI is InChI=1S/C13H19BN2O2/c17-14(18)11-6-12(9-3-4-9)16-13(7-11)10-2-1-5-15-8-10/h6-7,9-10,15,17-18H,1-5,8H2. The maximum Gasteiger partial charge on any atom is 0.488 e. The predicted octanol–water partition coefficient (Wildman–Crippen LogP) is 0.106. The molecule has 1 unspecified atom stereocenters. The Balaban J connectivity index is 1.91. The first-order valence-corrected chi connectivity index (χ1v) is 6.82. The van der Waals surface area contributed by atoms with Crippen LogP contribution in [0.1, 0.15) is 48.9 Å². The summed E-state index contributed by atoms with van der Waals surface area (Å²) in [5.74, 6) is 0.953. The second-order valence-corrected chi connectivity index (χ2v) is 5.44. The smallest absolute Gasteiger partial charge is 0.423 e. The predicted molar refractivity (Wildman–Crippen MR) is 70.9 cm³/mol. The van der Waals surface area contributed by atoms with E-state index in [4.69, 9.17) is 4.98 Å². The summed E-state index contributed by atoms with van der Waals surface area (Å²) < 4.78 is 0. The van der Waals surface area contributed by atoms with Crippen molar-refractivity contribution in [1.29, 1.82) is 0 Å². The molecular weight excluding hydrogens is 227 g/mol. The molecule has 18 heavy (non-hydrogen) atoms. The first kappa shape index (κ1) is 12.1. The molecule has 3 rings (SSSR count). The van der Waals surface area contributed by atoms with E-state index in [2.05, 4.69) is 5.32 Å². The quantitative estimate of drug-likeness (QED) is 0.662. The lowest BCUT2D eigenvalue weighted by Gasteiger charge is -2.23. The summed E-state index contributed by atoms with van der Waals surface area (Å²) in [6, 6.07) is 3.70. The average Bonchev–Trinajstić information content (AvgIpc) is 3.23. The Labute approximate surface area is 108 Å². The van der Waals surface area contributed by atoms with Crippen LogP contribution < -0.4 is 10.8 Å². The van der Waals surface area contributed by atoms with Gasteiger partial charge in [-0.2, -0.15) is 0 Å². The third-order valence-electron chi connectivity index (χ3n) is 3.90. The molecule has 0 amide bonds. The third kappa shape index (κ3) is 2.58. The average molecular weight is 246 g/mol. The van der Waals surface area contributed by atoms with E-state index < -0.39 is 7.12 Å². The van der Waals surface area contributed by atoms with Gasteiger partial charge < -0.3 is 15.4 Å². The molecule has 1 aromatic rings. The number of hydrogen-bond acceptors (Lipinski definition) is 4. The molecule has 2 fully saturated rings. The van der Waals surface area contributed by atoms with Crippen molar-refractivity contribution in [3.8, 4) is 0 Å². The first-order valence-electron chi connectivity index (χ1n) is 6.82. The summed E-state index contributed by atoms with van der Waals surface area (Å²) >= 11 is 0. The third-order valence-corrected chi connectivity index (χ3v) is 3.90. The van der Waals surface area contributed by atoms with Crippen LogP contribution in [0.4, 0.5) is 0 Å². The van der Waals surface area contributed by atoms with E-state index in [9.17, 15) is 10.0 Å². The Kier molecular flexibility index (Phi) is 3.37. The van der Waals surface area contributed by atoms with Gasteiger partial charge in [0.2, 0.25) is 0 Å². The Hall–Kier alpha value is -0.905. The Morgan fingerprint density at radius 2 is 1.83 bits per heavy atom. The van der Waals surface area contributed by atoms with E-state index in [1.165, 1.54) is 12.8 Å². The summed E-state index contributed by atoms with van der Waals surface area (Å²) in [5.41, 5.74) is 2.66. The lowest BCUT2D eigenvalue weighted by molar-refractivity contribution is 0.425. The Morgan fingerprint density at radius 1 is 1.11 bits per heavy atom. The minimum atomic E-state index is -1.39. The minimum Gasteiger partial charge on any atom is -0.423 e. The van der Waals surface area contributed by atoms with Gasteiger partial charge in [-0.3, -0.25) is 4.98 Å². The molecule has 0 spiro atoms. The molecule has 96 valence electrons. The van der Waals surface area contributed by atoms with Crippen molar-refractivity contribution in [3.05, 3.63) is 23.5 Å². The number of pyridine rings is 1.